The van der Waals surface area contributed by atoms with Gasteiger partial charge in [0.15, 0.2) is 0 Å². The average molecular weight is 286 g/mol. The maximum absolute atomic E-state index is 11.3. The molecule has 20 heavy (non-hydrogen) atoms. The molecule has 0 spiro atoms. The Morgan fingerprint density at radius 2 is 1.55 bits per heavy atom. The SMILES string of the molecule is CCOC(=O)CSc1ccc(-c2ccc(C)cc2)cc1. The average Bonchev–Trinajstić information content (AvgIpc) is 2.47. The van der Waals surface area contributed by atoms with Crippen molar-refractivity contribution in [2.45, 2.75) is 18.7 Å². The van der Waals surface area contributed by atoms with Gasteiger partial charge in [0.05, 0.1) is 12.4 Å². The van der Waals surface area contributed by atoms with E-state index in [4.69, 9.17) is 4.74 Å². The number of carbonyl (C=O) groups is 1. The first-order chi connectivity index (χ1) is 9.69. The lowest BCUT2D eigenvalue weighted by Gasteiger charge is -2.05. The minimum atomic E-state index is -0.167. The molecule has 2 aromatic carbocycles. The third-order valence-corrected chi connectivity index (χ3v) is 3.89. The molecule has 0 N–H and O–H groups in total. The fourth-order valence-corrected chi connectivity index (χ4v) is 2.53. The Labute approximate surface area is 124 Å². The predicted octanol–water partition coefficient (Wildman–Crippen LogP) is 4.32. The lowest BCUT2D eigenvalue weighted by molar-refractivity contribution is -0.139. The van der Waals surface area contributed by atoms with E-state index in [1.54, 1.807) is 0 Å². The van der Waals surface area contributed by atoms with Gasteiger partial charge in [0.1, 0.15) is 0 Å². The van der Waals surface area contributed by atoms with Crippen LogP contribution in [0.2, 0.25) is 0 Å². The lowest BCUT2D eigenvalue weighted by Crippen LogP contribution is -2.06. The number of thioether (sulfide) groups is 1. The van der Waals surface area contributed by atoms with Crippen LogP contribution in [0.25, 0.3) is 11.1 Å². The number of hydrogen-bond acceptors (Lipinski definition) is 3. The van der Waals surface area contributed by atoms with Crippen molar-refractivity contribution in [3.63, 3.8) is 0 Å². The first-order valence-electron chi connectivity index (χ1n) is 6.64. The summed E-state index contributed by atoms with van der Waals surface area (Å²) in [6.07, 6.45) is 0. The topological polar surface area (TPSA) is 26.3 Å². The summed E-state index contributed by atoms with van der Waals surface area (Å²) in [5.74, 6) is 0.192. The van der Waals surface area contributed by atoms with Crippen LogP contribution in [0.1, 0.15) is 12.5 Å². The van der Waals surface area contributed by atoms with Crippen molar-refractivity contribution in [1.82, 2.24) is 0 Å². The molecule has 0 bridgehead atoms. The Kier molecular flexibility index (Phi) is 5.24. The van der Waals surface area contributed by atoms with Crippen LogP contribution in [-0.4, -0.2) is 18.3 Å². The van der Waals surface area contributed by atoms with Crippen LogP contribution in [-0.2, 0) is 9.53 Å². The highest BCUT2D eigenvalue weighted by atomic mass is 32.2. The minimum Gasteiger partial charge on any atom is -0.465 e. The van der Waals surface area contributed by atoms with E-state index in [0.29, 0.717) is 12.4 Å². The standard InChI is InChI=1S/C17H18O2S/c1-3-19-17(18)12-20-16-10-8-15(9-11-16)14-6-4-13(2)5-7-14/h4-11H,3,12H2,1-2H3. The van der Waals surface area contributed by atoms with Gasteiger partial charge < -0.3 is 4.74 Å². The van der Waals surface area contributed by atoms with E-state index in [9.17, 15) is 4.79 Å². The number of carbonyl (C=O) groups excluding carboxylic acids is 1. The van der Waals surface area contributed by atoms with Gasteiger partial charge in [-0.1, -0.05) is 42.0 Å². The van der Waals surface area contributed by atoms with E-state index in [1.807, 2.05) is 19.1 Å². The van der Waals surface area contributed by atoms with E-state index >= 15 is 0 Å². The largest absolute Gasteiger partial charge is 0.465 e. The second-order valence-corrected chi connectivity index (χ2v) is 5.53. The molecule has 0 aliphatic heterocycles. The van der Waals surface area contributed by atoms with Gasteiger partial charge in [0, 0.05) is 4.90 Å². The van der Waals surface area contributed by atoms with Crippen molar-refractivity contribution in [3.05, 3.63) is 54.1 Å². The molecule has 2 nitrogen and oxygen atoms in total. The Morgan fingerprint density at radius 1 is 1.00 bits per heavy atom. The summed E-state index contributed by atoms with van der Waals surface area (Å²) in [5, 5.41) is 0. The number of aryl methyl sites for hydroxylation is 1. The van der Waals surface area contributed by atoms with E-state index in [1.165, 1.54) is 28.5 Å². The second kappa shape index (κ2) is 7.15. The molecule has 0 atom stereocenters. The third-order valence-electron chi connectivity index (χ3n) is 2.90. The van der Waals surface area contributed by atoms with E-state index < -0.39 is 0 Å². The van der Waals surface area contributed by atoms with Crippen LogP contribution < -0.4 is 0 Å². The highest BCUT2D eigenvalue weighted by molar-refractivity contribution is 8.00. The molecule has 2 aromatic rings. The molecule has 0 unspecified atom stereocenters. The maximum Gasteiger partial charge on any atom is 0.316 e. The molecule has 0 saturated carbocycles. The molecule has 0 aliphatic carbocycles. The number of benzene rings is 2. The molecule has 0 fully saturated rings. The minimum absolute atomic E-state index is 0.167. The number of rotatable bonds is 5. The van der Waals surface area contributed by atoms with Gasteiger partial charge >= 0.3 is 5.97 Å². The van der Waals surface area contributed by atoms with Gasteiger partial charge in [-0.05, 0) is 37.1 Å². The van der Waals surface area contributed by atoms with Crippen LogP contribution in [0.3, 0.4) is 0 Å². The van der Waals surface area contributed by atoms with Gasteiger partial charge in [-0.3, -0.25) is 4.79 Å². The summed E-state index contributed by atoms with van der Waals surface area (Å²) < 4.78 is 4.91. The van der Waals surface area contributed by atoms with Gasteiger partial charge in [0.2, 0.25) is 0 Å². The fourth-order valence-electron chi connectivity index (χ4n) is 1.83. The quantitative estimate of drug-likeness (QED) is 0.605. The van der Waals surface area contributed by atoms with Crippen LogP contribution in [0.15, 0.2) is 53.4 Å². The molecule has 3 heteroatoms. The first kappa shape index (κ1) is 14.7. The molecule has 0 heterocycles. The Bertz CT molecular complexity index is 559. The van der Waals surface area contributed by atoms with E-state index in [2.05, 4.69) is 43.3 Å². The van der Waals surface area contributed by atoms with Crippen LogP contribution in [0.5, 0.6) is 0 Å². The summed E-state index contributed by atoms with van der Waals surface area (Å²) in [6.45, 7) is 4.34. The summed E-state index contributed by atoms with van der Waals surface area (Å²) in [4.78, 5) is 12.4. The molecule has 0 saturated heterocycles. The van der Waals surface area contributed by atoms with Crippen LogP contribution in [0.4, 0.5) is 0 Å². The third kappa shape index (κ3) is 4.14. The maximum atomic E-state index is 11.3. The second-order valence-electron chi connectivity index (χ2n) is 4.48. The summed E-state index contributed by atoms with van der Waals surface area (Å²) in [6, 6.07) is 16.7. The number of ether oxygens (including phenoxy) is 1. The molecule has 2 rings (SSSR count). The smallest absolute Gasteiger partial charge is 0.316 e. The molecule has 0 aliphatic rings. The van der Waals surface area contributed by atoms with Gasteiger partial charge in [-0.25, -0.2) is 0 Å². The Morgan fingerprint density at radius 3 is 2.10 bits per heavy atom. The lowest BCUT2D eigenvalue weighted by atomic mass is 10.0. The summed E-state index contributed by atoms with van der Waals surface area (Å²) >= 11 is 1.50. The van der Waals surface area contributed by atoms with Crippen LogP contribution >= 0.6 is 11.8 Å². The van der Waals surface area contributed by atoms with E-state index in [0.717, 1.165) is 4.90 Å². The first-order valence-corrected chi connectivity index (χ1v) is 7.63. The molecule has 104 valence electrons. The summed E-state index contributed by atoms with van der Waals surface area (Å²) in [7, 11) is 0. The molecule has 0 amide bonds. The van der Waals surface area contributed by atoms with Crippen molar-refractivity contribution in [2.24, 2.45) is 0 Å². The zero-order valence-electron chi connectivity index (χ0n) is 11.8. The van der Waals surface area contributed by atoms with Crippen molar-refractivity contribution in [3.8, 4) is 11.1 Å². The zero-order valence-corrected chi connectivity index (χ0v) is 12.6. The van der Waals surface area contributed by atoms with Gasteiger partial charge in [-0.15, -0.1) is 11.8 Å². The Hall–Kier alpha value is -1.74. The number of hydrogen-bond donors (Lipinski definition) is 0. The fraction of sp³-hybridized carbons (Fsp3) is 0.235. The molecule has 0 aromatic heterocycles. The molecule has 0 radical (unpaired) electrons. The van der Waals surface area contributed by atoms with Gasteiger partial charge in [-0.2, -0.15) is 0 Å². The zero-order chi connectivity index (χ0) is 14.4. The number of esters is 1. The van der Waals surface area contributed by atoms with E-state index in [-0.39, 0.29) is 5.97 Å². The molecular weight excluding hydrogens is 268 g/mol. The summed E-state index contributed by atoms with van der Waals surface area (Å²) in [5.41, 5.74) is 3.65. The normalized spacial score (nSPS) is 10.3. The van der Waals surface area contributed by atoms with Gasteiger partial charge in [0.25, 0.3) is 0 Å². The molecular formula is C17H18O2S. The van der Waals surface area contributed by atoms with Crippen LogP contribution in [0, 0.1) is 6.92 Å². The highest BCUT2D eigenvalue weighted by Crippen LogP contribution is 2.24. The monoisotopic (exact) mass is 286 g/mol. The predicted molar refractivity (Wildman–Crippen MR) is 84.0 cm³/mol. The van der Waals surface area contributed by atoms with Crippen molar-refractivity contribution >= 4 is 17.7 Å². The highest BCUT2D eigenvalue weighted by Gasteiger charge is 2.03. The Balaban J connectivity index is 1.99. The van der Waals surface area contributed by atoms with Crippen molar-refractivity contribution in [1.29, 1.82) is 0 Å². The van der Waals surface area contributed by atoms with Crippen molar-refractivity contribution in [2.75, 3.05) is 12.4 Å². The van der Waals surface area contributed by atoms with Crippen molar-refractivity contribution < 1.29 is 9.53 Å².